The normalized spacial score (nSPS) is 17.4. The molecule has 1 aromatic heterocycles. The first kappa shape index (κ1) is 14.7. The largest absolute Gasteiger partial charge is 0.489 e. The fourth-order valence-corrected chi connectivity index (χ4v) is 2.55. The van der Waals surface area contributed by atoms with Gasteiger partial charge < -0.3 is 19.8 Å². The summed E-state index contributed by atoms with van der Waals surface area (Å²) in [6.07, 6.45) is 3.78. The summed E-state index contributed by atoms with van der Waals surface area (Å²) in [4.78, 5) is 12.2. The highest BCUT2D eigenvalue weighted by molar-refractivity contribution is 5.92. The second kappa shape index (κ2) is 7.13. The molecule has 1 aromatic carbocycles. The molecule has 0 radical (unpaired) electrons. The number of carbonyl (C=O) groups is 1. The van der Waals surface area contributed by atoms with E-state index in [0.717, 1.165) is 30.7 Å². The van der Waals surface area contributed by atoms with E-state index >= 15 is 0 Å². The Balaban J connectivity index is 1.55. The summed E-state index contributed by atoms with van der Waals surface area (Å²) in [6, 6.07) is 11.6. The van der Waals surface area contributed by atoms with Crippen LogP contribution in [-0.4, -0.2) is 25.0 Å². The van der Waals surface area contributed by atoms with Crippen LogP contribution in [0.15, 0.2) is 47.1 Å². The van der Waals surface area contributed by atoms with Gasteiger partial charge in [-0.3, -0.25) is 4.79 Å². The standard InChI is InChI=1S/C17H20N2O3/c20-17(19-11-14-5-4-9-18-14)16-13(8-10-21-16)12-22-15-6-2-1-3-7-15/h1-3,6-8,10,14,18H,4-5,9,11-12H2,(H,19,20). The zero-order chi connectivity index (χ0) is 15.2. The second-order valence-electron chi connectivity index (χ2n) is 5.38. The third kappa shape index (κ3) is 3.68. The molecule has 22 heavy (non-hydrogen) atoms. The van der Waals surface area contributed by atoms with Gasteiger partial charge in [0.15, 0.2) is 5.76 Å². The lowest BCUT2D eigenvalue weighted by atomic mass is 10.2. The number of rotatable bonds is 6. The molecule has 0 bridgehead atoms. The van der Waals surface area contributed by atoms with Crippen LogP contribution < -0.4 is 15.4 Å². The molecule has 3 rings (SSSR count). The van der Waals surface area contributed by atoms with Crippen LogP contribution in [0.3, 0.4) is 0 Å². The quantitative estimate of drug-likeness (QED) is 0.859. The number of ether oxygens (including phenoxy) is 1. The molecule has 0 aliphatic carbocycles. The molecule has 1 fully saturated rings. The van der Waals surface area contributed by atoms with Crippen molar-refractivity contribution in [2.75, 3.05) is 13.1 Å². The maximum Gasteiger partial charge on any atom is 0.287 e. The molecule has 1 atom stereocenters. The molecule has 1 aliphatic rings. The molecule has 1 amide bonds. The molecule has 0 spiro atoms. The van der Waals surface area contributed by atoms with E-state index in [1.54, 1.807) is 6.07 Å². The molecule has 5 heteroatoms. The summed E-state index contributed by atoms with van der Waals surface area (Å²) < 4.78 is 11.0. The summed E-state index contributed by atoms with van der Waals surface area (Å²) in [7, 11) is 0. The van der Waals surface area contributed by atoms with Gasteiger partial charge >= 0.3 is 0 Å². The fourth-order valence-electron chi connectivity index (χ4n) is 2.55. The lowest BCUT2D eigenvalue weighted by Gasteiger charge is -2.11. The van der Waals surface area contributed by atoms with Gasteiger partial charge in [0.1, 0.15) is 12.4 Å². The zero-order valence-corrected chi connectivity index (χ0v) is 12.4. The van der Waals surface area contributed by atoms with Crippen LogP contribution in [0.1, 0.15) is 29.0 Å². The third-order valence-electron chi connectivity index (χ3n) is 3.76. The monoisotopic (exact) mass is 300 g/mol. The smallest absolute Gasteiger partial charge is 0.287 e. The summed E-state index contributed by atoms with van der Waals surface area (Å²) in [5.74, 6) is 0.907. The summed E-state index contributed by atoms with van der Waals surface area (Å²) >= 11 is 0. The Labute approximate surface area is 129 Å². The van der Waals surface area contributed by atoms with Crippen molar-refractivity contribution in [3.05, 3.63) is 54.0 Å². The average Bonchev–Trinajstić information content (AvgIpc) is 3.23. The predicted octanol–water partition coefficient (Wildman–Crippen LogP) is 2.34. The molecule has 1 aliphatic heterocycles. The van der Waals surface area contributed by atoms with E-state index in [1.807, 2.05) is 30.3 Å². The van der Waals surface area contributed by atoms with Crippen LogP contribution >= 0.6 is 0 Å². The fraction of sp³-hybridized carbons (Fsp3) is 0.353. The molecular weight excluding hydrogens is 280 g/mol. The molecule has 2 heterocycles. The molecule has 116 valence electrons. The van der Waals surface area contributed by atoms with E-state index < -0.39 is 0 Å². The van der Waals surface area contributed by atoms with E-state index in [1.165, 1.54) is 6.26 Å². The van der Waals surface area contributed by atoms with E-state index in [4.69, 9.17) is 9.15 Å². The van der Waals surface area contributed by atoms with Crippen molar-refractivity contribution in [1.29, 1.82) is 0 Å². The predicted molar refractivity (Wildman–Crippen MR) is 82.8 cm³/mol. The molecule has 5 nitrogen and oxygen atoms in total. The Morgan fingerprint density at radius 3 is 2.95 bits per heavy atom. The van der Waals surface area contributed by atoms with Crippen molar-refractivity contribution >= 4 is 5.91 Å². The molecular formula is C17H20N2O3. The maximum absolute atomic E-state index is 12.2. The van der Waals surface area contributed by atoms with Crippen molar-refractivity contribution in [3.63, 3.8) is 0 Å². The van der Waals surface area contributed by atoms with Crippen LogP contribution in [0.25, 0.3) is 0 Å². The number of amides is 1. The van der Waals surface area contributed by atoms with Gasteiger partial charge in [-0.25, -0.2) is 0 Å². The van der Waals surface area contributed by atoms with Crippen LogP contribution in [0.4, 0.5) is 0 Å². The van der Waals surface area contributed by atoms with E-state index in [0.29, 0.717) is 25.0 Å². The van der Waals surface area contributed by atoms with Gasteiger partial charge in [-0.05, 0) is 37.6 Å². The van der Waals surface area contributed by atoms with Crippen LogP contribution in [-0.2, 0) is 6.61 Å². The van der Waals surface area contributed by atoms with Crippen molar-refractivity contribution in [1.82, 2.24) is 10.6 Å². The molecule has 0 saturated carbocycles. The van der Waals surface area contributed by atoms with E-state index in [-0.39, 0.29) is 5.91 Å². The molecule has 1 unspecified atom stereocenters. The first-order valence-electron chi connectivity index (χ1n) is 7.59. The minimum absolute atomic E-state index is 0.189. The Hall–Kier alpha value is -2.27. The Morgan fingerprint density at radius 1 is 1.32 bits per heavy atom. The van der Waals surface area contributed by atoms with E-state index in [2.05, 4.69) is 10.6 Å². The van der Waals surface area contributed by atoms with Gasteiger partial charge in [0.05, 0.1) is 6.26 Å². The van der Waals surface area contributed by atoms with Crippen molar-refractivity contribution in [3.8, 4) is 5.75 Å². The minimum Gasteiger partial charge on any atom is -0.489 e. The van der Waals surface area contributed by atoms with Crippen LogP contribution in [0.5, 0.6) is 5.75 Å². The molecule has 2 aromatic rings. The van der Waals surface area contributed by atoms with Gasteiger partial charge in [0.25, 0.3) is 5.91 Å². The second-order valence-corrected chi connectivity index (χ2v) is 5.38. The zero-order valence-electron chi connectivity index (χ0n) is 12.4. The van der Waals surface area contributed by atoms with Gasteiger partial charge in [-0.15, -0.1) is 0 Å². The number of furan rings is 1. The highest BCUT2D eigenvalue weighted by Gasteiger charge is 2.19. The Bertz CT molecular complexity index is 603. The first-order valence-corrected chi connectivity index (χ1v) is 7.59. The minimum atomic E-state index is -0.189. The number of para-hydroxylation sites is 1. The summed E-state index contributed by atoms with van der Waals surface area (Å²) in [5, 5.41) is 6.26. The maximum atomic E-state index is 12.2. The number of carbonyl (C=O) groups excluding carboxylic acids is 1. The van der Waals surface area contributed by atoms with Crippen molar-refractivity contribution in [2.24, 2.45) is 0 Å². The van der Waals surface area contributed by atoms with Gasteiger partial charge in [-0.1, -0.05) is 18.2 Å². The number of nitrogens with one attached hydrogen (secondary N) is 2. The number of hydrogen-bond acceptors (Lipinski definition) is 4. The van der Waals surface area contributed by atoms with E-state index in [9.17, 15) is 4.79 Å². The third-order valence-corrected chi connectivity index (χ3v) is 3.76. The highest BCUT2D eigenvalue weighted by atomic mass is 16.5. The summed E-state index contributed by atoms with van der Waals surface area (Å²) in [5.41, 5.74) is 0.751. The van der Waals surface area contributed by atoms with Crippen LogP contribution in [0.2, 0.25) is 0 Å². The molecule has 1 saturated heterocycles. The number of hydrogen-bond donors (Lipinski definition) is 2. The van der Waals surface area contributed by atoms with Gasteiger partial charge in [-0.2, -0.15) is 0 Å². The first-order chi connectivity index (χ1) is 10.8. The SMILES string of the molecule is O=C(NCC1CCCN1)c1occc1COc1ccccc1. The van der Waals surface area contributed by atoms with Crippen molar-refractivity contribution < 1.29 is 13.9 Å². The average molecular weight is 300 g/mol. The van der Waals surface area contributed by atoms with Gasteiger partial charge in [0, 0.05) is 18.2 Å². The Kier molecular flexibility index (Phi) is 4.75. The number of benzene rings is 1. The Morgan fingerprint density at radius 2 is 2.18 bits per heavy atom. The lowest BCUT2D eigenvalue weighted by Crippen LogP contribution is -2.37. The van der Waals surface area contributed by atoms with Gasteiger partial charge in [0.2, 0.25) is 0 Å². The molecule has 2 N–H and O–H groups in total. The highest BCUT2D eigenvalue weighted by Crippen LogP contribution is 2.16. The lowest BCUT2D eigenvalue weighted by molar-refractivity contribution is 0.0919. The van der Waals surface area contributed by atoms with Crippen molar-refractivity contribution in [2.45, 2.75) is 25.5 Å². The summed E-state index contributed by atoms with van der Waals surface area (Å²) in [6.45, 7) is 1.96. The van der Waals surface area contributed by atoms with Crippen LogP contribution in [0, 0.1) is 0 Å². The topological polar surface area (TPSA) is 63.5 Å².